The van der Waals surface area contributed by atoms with E-state index in [1.807, 2.05) is 5.92 Å². The Hall–Kier alpha value is -3.33. The van der Waals surface area contributed by atoms with Crippen molar-refractivity contribution in [3.8, 4) is 18.4 Å². The predicted molar refractivity (Wildman–Crippen MR) is 95.1 cm³/mol. The Balaban J connectivity index is 2.06. The van der Waals surface area contributed by atoms with E-state index < -0.39 is 77.3 Å². The molecule has 1 fully saturated rings. The summed E-state index contributed by atoms with van der Waals surface area (Å²) in [5, 5.41) is 9.03. The summed E-state index contributed by atoms with van der Waals surface area (Å²) >= 11 is 0. The van der Waals surface area contributed by atoms with Gasteiger partial charge >= 0.3 is 11.9 Å². The van der Waals surface area contributed by atoms with Gasteiger partial charge in [-0.3, -0.25) is 4.79 Å². The topological polar surface area (TPSA) is 76.4 Å². The van der Waals surface area contributed by atoms with E-state index in [1.165, 1.54) is 6.08 Å². The number of halogens is 4. The lowest BCUT2D eigenvalue weighted by atomic mass is 10.1. The standard InChI is InChI=1S/C21H17F4NO4/c1-4-5-13-16(22)18(24)15(19(25)17(13)23)9-29-21(28)14-7-11(14)6-12(8-26)20(27)30-10(2)3/h1,6,10-11,14H,5,7,9H2,2-3H3/b12-6+/t11-,14-/m1/s1. The molecule has 0 N–H and O–H groups in total. The van der Waals surface area contributed by atoms with E-state index in [9.17, 15) is 27.2 Å². The van der Waals surface area contributed by atoms with Gasteiger partial charge in [0.15, 0.2) is 23.3 Å². The van der Waals surface area contributed by atoms with Crippen molar-refractivity contribution < 1.29 is 36.6 Å². The molecule has 2 rings (SSSR count). The average Bonchev–Trinajstić information content (AvgIpc) is 3.46. The van der Waals surface area contributed by atoms with Crippen LogP contribution in [0.4, 0.5) is 17.6 Å². The monoisotopic (exact) mass is 423 g/mol. The molecule has 1 aliphatic carbocycles. The third-order valence-corrected chi connectivity index (χ3v) is 4.29. The first kappa shape index (κ1) is 23.0. The molecule has 158 valence electrons. The number of rotatable bonds is 7. The summed E-state index contributed by atoms with van der Waals surface area (Å²) < 4.78 is 65.5. The second kappa shape index (κ2) is 9.45. The number of nitrogens with zero attached hydrogens (tertiary/aromatic N) is 1. The molecular weight excluding hydrogens is 406 g/mol. The molecule has 30 heavy (non-hydrogen) atoms. The van der Waals surface area contributed by atoms with E-state index in [0.717, 1.165) is 0 Å². The molecule has 0 bridgehead atoms. The van der Waals surface area contributed by atoms with Gasteiger partial charge in [-0.15, -0.1) is 12.3 Å². The molecule has 0 heterocycles. The minimum Gasteiger partial charge on any atom is -0.460 e. The molecule has 0 aromatic heterocycles. The lowest BCUT2D eigenvalue weighted by Crippen LogP contribution is -2.14. The predicted octanol–water partition coefficient (Wildman–Crippen LogP) is 3.50. The summed E-state index contributed by atoms with van der Waals surface area (Å²) in [4.78, 5) is 23.8. The van der Waals surface area contributed by atoms with Crippen molar-refractivity contribution in [3.63, 3.8) is 0 Å². The van der Waals surface area contributed by atoms with Crippen LogP contribution in [0.1, 0.15) is 31.4 Å². The normalized spacial score (nSPS) is 17.8. The number of carbonyl (C=O) groups is 2. The van der Waals surface area contributed by atoms with E-state index in [2.05, 4.69) is 0 Å². The van der Waals surface area contributed by atoms with Gasteiger partial charge in [0.25, 0.3) is 0 Å². The third kappa shape index (κ3) is 4.98. The van der Waals surface area contributed by atoms with Crippen LogP contribution in [0.5, 0.6) is 0 Å². The summed E-state index contributed by atoms with van der Waals surface area (Å²) in [7, 11) is 0. The molecule has 1 aliphatic rings. The van der Waals surface area contributed by atoms with Gasteiger partial charge in [-0.25, -0.2) is 22.4 Å². The molecule has 0 aliphatic heterocycles. The van der Waals surface area contributed by atoms with Crippen LogP contribution in [-0.4, -0.2) is 18.0 Å². The second-order valence-corrected chi connectivity index (χ2v) is 6.85. The summed E-state index contributed by atoms with van der Waals surface area (Å²) in [6, 6.07) is 1.68. The molecule has 1 aromatic rings. The van der Waals surface area contributed by atoms with Crippen LogP contribution in [0, 0.1) is 58.8 Å². The summed E-state index contributed by atoms with van der Waals surface area (Å²) in [5.74, 6) is -7.78. The highest BCUT2D eigenvalue weighted by atomic mass is 19.2. The van der Waals surface area contributed by atoms with E-state index in [4.69, 9.17) is 21.2 Å². The number of terminal acetylenes is 1. The Bertz CT molecular complexity index is 959. The summed E-state index contributed by atoms with van der Waals surface area (Å²) in [6.07, 6.45) is 5.32. The van der Waals surface area contributed by atoms with Gasteiger partial charge in [-0.1, -0.05) is 6.08 Å². The van der Waals surface area contributed by atoms with Crippen LogP contribution >= 0.6 is 0 Å². The van der Waals surface area contributed by atoms with Gasteiger partial charge in [0.05, 0.1) is 17.6 Å². The molecule has 5 nitrogen and oxygen atoms in total. The molecule has 0 radical (unpaired) electrons. The Kier molecular flexibility index (Phi) is 7.23. The molecule has 0 unspecified atom stereocenters. The van der Waals surface area contributed by atoms with Gasteiger partial charge in [-0.05, 0) is 26.2 Å². The van der Waals surface area contributed by atoms with Crippen LogP contribution in [0.3, 0.4) is 0 Å². The zero-order chi connectivity index (χ0) is 22.6. The van der Waals surface area contributed by atoms with Crippen LogP contribution in [0.2, 0.25) is 0 Å². The van der Waals surface area contributed by atoms with Crippen LogP contribution in [-0.2, 0) is 32.1 Å². The number of esters is 2. The zero-order valence-electron chi connectivity index (χ0n) is 16.1. The van der Waals surface area contributed by atoms with E-state index in [-0.39, 0.29) is 12.0 Å². The Morgan fingerprint density at radius 2 is 1.73 bits per heavy atom. The molecule has 2 atom stereocenters. The highest BCUT2D eigenvalue weighted by Crippen LogP contribution is 2.41. The first-order chi connectivity index (χ1) is 14.1. The highest BCUT2D eigenvalue weighted by Gasteiger charge is 2.44. The number of carbonyl (C=O) groups excluding carboxylic acids is 2. The number of ether oxygens (including phenoxy) is 2. The van der Waals surface area contributed by atoms with Crippen molar-refractivity contribution in [2.75, 3.05) is 0 Å². The maximum atomic E-state index is 14.0. The fraction of sp³-hybridized carbons (Fsp3) is 0.381. The average molecular weight is 423 g/mol. The fourth-order valence-corrected chi connectivity index (χ4v) is 2.67. The third-order valence-electron chi connectivity index (χ3n) is 4.29. The van der Waals surface area contributed by atoms with Gasteiger partial charge in [0.1, 0.15) is 18.2 Å². The quantitative estimate of drug-likeness (QED) is 0.168. The van der Waals surface area contributed by atoms with Crippen LogP contribution in [0.15, 0.2) is 11.6 Å². The van der Waals surface area contributed by atoms with Gasteiger partial charge < -0.3 is 9.47 Å². The number of hydrogen-bond donors (Lipinski definition) is 0. The fourth-order valence-electron chi connectivity index (χ4n) is 2.67. The maximum absolute atomic E-state index is 14.0. The number of allylic oxidation sites excluding steroid dienone is 1. The summed E-state index contributed by atoms with van der Waals surface area (Å²) in [6.45, 7) is 2.18. The van der Waals surface area contributed by atoms with Gasteiger partial charge in [0.2, 0.25) is 0 Å². The molecule has 0 amide bonds. The van der Waals surface area contributed by atoms with Gasteiger partial charge in [-0.2, -0.15) is 5.26 Å². The first-order valence-corrected chi connectivity index (χ1v) is 8.88. The molecule has 1 saturated carbocycles. The Morgan fingerprint density at radius 3 is 2.23 bits per heavy atom. The zero-order valence-corrected chi connectivity index (χ0v) is 16.1. The van der Waals surface area contributed by atoms with E-state index >= 15 is 0 Å². The van der Waals surface area contributed by atoms with E-state index in [0.29, 0.717) is 0 Å². The summed E-state index contributed by atoms with van der Waals surface area (Å²) in [5.41, 5.74) is -2.29. The minimum atomic E-state index is -1.69. The lowest BCUT2D eigenvalue weighted by molar-refractivity contribution is -0.147. The SMILES string of the molecule is C#CCc1c(F)c(F)c(COC(=O)[C@@H]2C[C@H]2/C=C(\C#N)C(=O)OC(C)C)c(F)c1F. The van der Waals surface area contributed by atoms with Crippen molar-refractivity contribution in [3.05, 3.63) is 46.0 Å². The number of nitriles is 1. The number of hydrogen-bond acceptors (Lipinski definition) is 5. The van der Waals surface area contributed by atoms with Crippen molar-refractivity contribution in [1.82, 2.24) is 0 Å². The molecule has 0 spiro atoms. The number of benzene rings is 1. The smallest absolute Gasteiger partial charge is 0.348 e. The van der Waals surface area contributed by atoms with Gasteiger partial charge in [0, 0.05) is 12.0 Å². The largest absolute Gasteiger partial charge is 0.460 e. The van der Waals surface area contributed by atoms with Crippen LogP contribution < -0.4 is 0 Å². The molecule has 1 aromatic carbocycles. The Morgan fingerprint density at radius 1 is 1.17 bits per heavy atom. The van der Waals surface area contributed by atoms with Crippen LogP contribution in [0.25, 0.3) is 0 Å². The van der Waals surface area contributed by atoms with E-state index in [1.54, 1.807) is 19.9 Å². The van der Waals surface area contributed by atoms with Crippen molar-refractivity contribution in [2.45, 2.75) is 39.4 Å². The lowest BCUT2D eigenvalue weighted by Gasteiger charge is -2.11. The second-order valence-electron chi connectivity index (χ2n) is 6.85. The molecular formula is C21H17F4NO4. The molecule has 0 saturated heterocycles. The van der Waals surface area contributed by atoms with Crippen molar-refractivity contribution in [1.29, 1.82) is 5.26 Å². The Labute approximate surface area is 170 Å². The molecule has 9 heteroatoms. The first-order valence-electron chi connectivity index (χ1n) is 8.88. The van der Waals surface area contributed by atoms with Crippen molar-refractivity contribution in [2.24, 2.45) is 11.8 Å². The maximum Gasteiger partial charge on any atom is 0.348 e. The minimum absolute atomic E-state index is 0.230. The van der Waals surface area contributed by atoms with Crippen molar-refractivity contribution >= 4 is 11.9 Å². The highest BCUT2D eigenvalue weighted by molar-refractivity contribution is 5.93.